The molecule has 21 heavy (non-hydrogen) atoms. The van der Waals surface area contributed by atoms with Gasteiger partial charge in [-0.3, -0.25) is 9.69 Å². The van der Waals surface area contributed by atoms with E-state index in [9.17, 15) is 9.18 Å². The Balaban J connectivity index is 1.98. The van der Waals surface area contributed by atoms with E-state index >= 15 is 0 Å². The number of carbonyl (C=O) groups is 1. The molecule has 0 spiro atoms. The minimum Gasteiger partial charge on any atom is -0.343 e. The minimum atomic E-state index is -0.158. The number of likely N-dealkylation sites (tertiary alicyclic amines) is 1. The average Bonchev–Trinajstić information content (AvgIpc) is 2.51. The normalized spacial score (nSPS) is 19.5. The molecular formula is C17H25FN2O. The van der Waals surface area contributed by atoms with Crippen molar-refractivity contribution in [3.8, 4) is 0 Å². The van der Waals surface area contributed by atoms with Crippen molar-refractivity contribution in [2.24, 2.45) is 5.92 Å². The van der Waals surface area contributed by atoms with Gasteiger partial charge in [-0.05, 0) is 39.3 Å². The molecule has 1 aliphatic rings. The Kier molecular flexibility index (Phi) is 5.74. The highest BCUT2D eigenvalue weighted by Gasteiger charge is 2.28. The topological polar surface area (TPSA) is 23.6 Å². The van der Waals surface area contributed by atoms with Gasteiger partial charge in [0.15, 0.2) is 0 Å². The summed E-state index contributed by atoms with van der Waals surface area (Å²) in [6, 6.07) is 6.89. The molecular weight excluding hydrogens is 267 g/mol. The van der Waals surface area contributed by atoms with Crippen molar-refractivity contribution >= 4 is 5.91 Å². The fraction of sp³-hybridized carbons (Fsp3) is 0.588. The van der Waals surface area contributed by atoms with Crippen molar-refractivity contribution in [3.63, 3.8) is 0 Å². The second-order valence-corrected chi connectivity index (χ2v) is 5.68. The van der Waals surface area contributed by atoms with E-state index in [-0.39, 0.29) is 17.6 Å². The highest BCUT2D eigenvalue weighted by Crippen LogP contribution is 2.21. The SMILES string of the molecule is CCN(CC)C(=O)[C@H]1CCCN(Cc2ccccc2F)C1. The van der Waals surface area contributed by atoms with Crippen LogP contribution in [0.15, 0.2) is 24.3 Å². The lowest BCUT2D eigenvalue weighted by molar-refractivity contribution is -0.137. The molecule has 116 valence electrons. The quantitative estimate of drug-likeness (QED) is 0.833. The lowest BCUT2D eigenvalue weighted by atomic mass is 9.96. The molecule has 0 N–H and O–H groups in total. The molecule has 1 aliphatic heterocycles. The number of hydrogen-bond donors (Lipinski definition) is 0. The molecule has 1 saturated heterocycles. The fourth-order valence-corrected chi connectivity index (χ4v) is 3.06. The van der Waals surface area contributed by atoms with Gasteiger partial charge < -0.3 is 4.90 Å². The number of hydrogen-bond acceptors (Lipinski definition) is 2. The Morgan fingerprint density at radius 3 is 2.71 bits per heavy atom. The summed E-state index contributed by atoms with van der Waals surface area (Å²) in [5, 5.41) is 0. The van der Waals surface area contributed by atoms with E-state index in [1.807, 2.05) is 30.9 Å². The maximum atomic E-state index is 13.7. The van der Waals surface area contributed by atoms with Gasteiger partial charge in [0.25, 0.3) is 0 Å². The zero-order valence-corrected chi connectivity index (χ0v) is 13.0. The average molecular weight is 292 g/mol. The Labute approximate surface area is 126 Å². The highest BCUT2D eigenvalue weighted by atomic mass is 19.1. The molecule has 1 heterocycles. The molecule has 3 nitrogen and oxygen atoms in total. The molecule has 0 unspecified atom stereocenters. The zero-order chi connectivity index (χ0) is 15.2. The van der Waals surface area contributed by atoms with Crippen LogP contribution in [0.25, 0.3) is 0 Å². The number of halogens is 1. The second kappa shape index (κ2) is 7.55. The monoisotopic (exact) mass is 292 g/mol. The van der Waals surface area contributed by atoms with E-state index in [2.05, 4.69) is 4.90 Å². The van der Waals surface area contributed by atoms with Crippen LogP contribution in [-0.2, 0) is 11.3 Å². The van der Waals surface area contributed by atoms with Crippen LogP contribution in [0.3, 0.4) is 0 Å². The van der Waals surface area contributed by atoms with Crippen molar-refractivity contribution in [2.75, 3.05) is 26.2 Å². The number of piperidine rings is 1. The second-order valence-electron chi connectivity index (χ2n) is 5.68. The van der Waals surface area contributed by atoms with Crippen LogP contribution in [0, 0.1) is 11.7 Å². The highest BCUT2D eigenvalue weighted by molar-refractivity contribution is 5.79. The largest absolute Gasteiger partial charge is 0.343 e. The third-order valence-corrected chi connectivity index (χ3v) is 4.28. The van der Waals surface area contributed by atoms with Gasteiger partial charge in [0, 0.05) is 31.7 Å². The molecule has 1 fully saturated rings. The maximum absolute atomic E-state index is 13.7. The lowest BCUT2D eigenvalue weighted by Gasteiger charge is -2.34. The third kappa shape index (κ3) is 4.03. The molecule has 0 aliphatic carbocycles. The smallest absolute Gasteiger partial charge is 0.226 e. The minimum absolute atomic E-state index is 0.0606. The number of nitrogens with zero attached hydrogens (tertiary/aromatic N) is 2. The first-order chi connectivity index (χ1) is 10.2. The molecule has 1 amide bonds. The molecule has 0 aromatic heterocycles. The summed E-state index contributed by atoms with van der Waals surface area (Å²) in [5.41, 5.74) is 0.716. The molecule has 4 heteroatoms. The van der Waals surface area contributed by atoms with E-state index in [0.29, 0.717) is 12.1 Å². The van der Waals surface area contributed by atoms with Crippen LogP contribution >= 0.6 is 0 Å². The Hall–Kier alpha value is -1.42. The van der Waals surface area contributed by atoms with E-state index in [4.69, 9.17) is 0 Å². The summed E-state index contributed by atoms with van der Waals surface area (Å²) in [5.74, 6) is 0.151. The van der Waals surface area contributed by atoms with Crippen molar-refractivity contribution in [3.05, 3.63) is 35.6 Å². The molecule has 1 aromatic rings. The van der Waals surface area contributed by atoms with E-state index in [1.54, 1.807) is 6.07 Å². The number of amides is 1. The van der Waals surface area contributed by atoms with Crippen LogP contribution in [-0.4, -0.2) is 41.9 Å². The van der Waals surface area contributed by atoms with Crippen molar-refractivity contribution in [2.45, 2.75) is 33.2 Å². The zero-order valence-electron chi connectivity index (χ0n) is 13.0. The van der Waals surface area contributed by atoms with Crippen LogP contribution in [0.2, 0.25) is 0 Å². The van der Waals surface area contributed by atoms with E-state index in [0.717, 1.165) is 39.0 Å². The standard InChI is InChI=1S/C17H25FN2O/c1-3-20(4-2)17(21)15-9-7-11-19(13-15)12-14-8-5-6-10-16(14)18/h5-6,8,10,15H,3-4,7,9,11-13H2,1-2H3/t15-/m0/s1. The van der Waals surface area contributed by atoms with Crippen LogP contribution in [0.5, 0.6) is 0 Å². The van der Waals surface area contributed by atoms with Gasteiger partial charge in [-0.25, -0.2) is 4.39 Å². The molecule has 1 aromatic carbocycles. The van der Waals surface area contributed by atoms with Gasteiger partial charge in [0.1, 0.15) is 5.82 Å². The molecule has 0 saturated carbocycles. The first kappa shape index (κ1) is 16.0. The van der Waals surface area contributed by atoms with Crippen molar-refractivity contribution in [1.29, 1.82) is 0 Å². The molecule has 2 rings (SSSR count). The Bertz CT molecular complexity index is 474. The fourth-order valence-electron chi connectivity index (χ4n) is 3.06. The Morgan fingerprint density at radius 1 is 1.33 bits per heavy atom. The Morgan fingerprint density at radius 2 is 2.05 bits per heavy atom. The summed E-state index contributed by atoms with van der Waals surface area (Å²) in [6.07, 6.45) is 1.95. The van der Waals surface area contributed by atoms with Gasteiger partial charge in [-0.1, -0.05) is 18.2 Å². The first-order valence-corrected chi connectivity index (χ1v) is 7.90. The summed E-state index contributed by atoms with van der Waals surface area (Å²) in [4.78, 5) is 16.6. The molecule has 0 bridgehead atoms. The maximum Gasteiger partial charge on any atom is 0.226 e. The van der Waals surface area contributed by atoms with Crippen molar-refractivity contribution < 1.29 is 9.18 Å². The van der Waals surface area contributed by atoms with Gasteiger partial charge in [0.05, 0.1) is 5.92 Å². The van der Waals surface area contributed by atoms with Crippen LogP contribution < -0.4 is 0 Å². The number of benzene rings is 1. The van der Waals surface area contributed by atoms with Gasteiger partial charge in [-0.2, -0.15) is 0 Å². The molecule has 0 radical (unpaired) electrons. The number of rotatable bonds is 5. The lowest BCUT2D eigenvalue weighted by Crippen LogP contribution is -2.44. The predicted octanol–water partition coefficient (Wildman–Crippen LogP) is 2.91. The first-order valence-electron chi connectivity index (χ1n) is 7.90. The number of carbonyl (C=O) groups excluding carboxylic acids is 1. The summed E-state index contributed by atoms with van der Waals surface area (Å²) in [6.45, 7) is 7.83. The molecule has 1 atom stereocenters. The van der Waals surface area contributed by atoms with Gasteiger partial charge in [0.2, 0.25) is 5.91 Å². The summed E-state index contributed by atoms with van der Waals surface area (Å²) < 4.78 is 13.7. The van der Waals surface area contributed by atoms with E-state index in [1.165, 1.54) is 6.07 Å². The van der Waals surface area contributed by atoms with E-state index < -0.39 is 0 Å². The van der Waals surface area contributed by atoms with Crippen LogP contribution in [0.4, 0.5) is 4.39 Å². The predicted molar refractivity (Wildman–Crippen MR) is 82.3 cm³/mol. The third-order valence-electron chi connectivity index (χ3n) is 4.28. The van der Waals surface area contributed by atoms with Gasteiger partial charge >= 0.3 is 0 Å². The van der Waals surface area contributed by atoms with Gasteiger partial charge in [-0.15, -0.1) is 0 Å². The summed E-state index contributed by atoms with van der Waals surface area (Å²) >= 11 is 0. The van der Waals surface area contributed by atoms with Crippen molar-refractivity contribution in [1.82, 2.24) is 9.80 Å². The van der Waals surface area contributed by atoms with Crippen LogP contribution in [0.1, 0.15) is 32.3 Å². The summed E-state index contributed by atoms with van der Waals surface area (Å²) in [7, 11) is 0.